The molecule has 3 heteroatoms. The highest BCUT2D eigenvalue weighted by Gasteiger charge is 2.22. The van der Waals surface area contributed by atoms with Crippen LogP contribution in [-0.2, 0) is 0 Å². The summed E-state index contributed by atoms with van der Waals surface area (Å²) in [4.78, 5) is 6.13. The highest BCUT2D eigenvalue weighted by atomic mass is 19.1. The molecular formula is C9H11FN2. The quantitative estimate of drug-likeness (QED) is 0.630. The molecule has 1 saturated heterocycles. The van der Waals surface area contributed by atoms with Gasteiger partial charge < -0.3 is 4.90 Å². The summed E-state index contributed by atoms with van der Waals surface area (Å²) in [5, 5.41) is 0. The van der Waals surface area contributed by atoms with Gasteiger partial charge in [-0.1, -0.05) is 6.07 Å². The molecule has 0 spiro atoms. The van der Waals surface area contributed by atoms with Crippen LogP contribution in [0.5, 0.6) is 0 Å². The van der Waals surface area contributed by atoms with Crippen molar-refractivity contribution in [2.45, 2.75) is 12.6 Å². The van der Waals surface area contributed by atoms with Crippen LogP contribution < -0.4 is 4.90 Å². The molecule has 12 heavy (non-hydrogen) atoms. The minimum atomic E-state index is -0.674. The monoisotopic (exact) mass is 166 g/mol. The van der Waals surface area contributed by atoms with Gasteiger partial charge in [0.25, 0.3) is 0 Å². The van der Waals surface area contributed by atoms with Gasteiger partial charge in [-0.15, -0.1) is 0 Å². The molecule has 1 fully saturated rings. The lowest BCUT2D eigenvalue weighted by atomic mass is 10.3. The van der Waals surface area contributed by atoms with Crippen LogP contribution in [0, 0.1) is 0 Å². The van der Waals surface area contributed by atoms with Gasteiger partial charge >= 0.3 is 0 Å². The molecule has 0 bridgehead atoms. The standard InChI is InChI=1S/C9H11FN2/c10-8-4-6-12(7-8)9-3-1-2-5-11-9/h1-3,5,8H,4,6-7H2/t8-/m1/s1. The van der Waals surface area contributed by atoms with Gasteiger partial charge in [-0.2, -0.15) is 0 Å². The van der Waals surface area contributed by atoms with E-state index in [0.29, 0.717) is 13.0 Å². The van der Waals surface area contributed by atoms with E-state index in [1.54, 1.807) is 6.20 Å². The van der Waals surface area contributed by atoms with E-state index in [2.05, 4.69) is 4.98 Å². The minimum absolute atomic E-state index is 0.497. The third-order valence-electron chi connectivity index (χ3n) is 2.10. The Hall–Kier alpha value is -1.12. The van der Waals surface area contributed by atoms with Gasteiger partial charge in [-0.3, -0.25) is 0 Å². The molecule has 1 aliphatic heterocycles. The van der Waals surface area contributed by atoms with E-state index in [4.69, 9.17) is 0 Å². The fourth-order valence-electron chi connectivity index (χ4n) is 1.47. The Morgan fingerprint density at radius 3 is 3.00 bits per heavy atom. The van der Waals surface area contributed by atoms with Crippen LogP contribution in [0.4, 0.5) is 10.2 Å². The first-order chi connectivity index (χ1) is 5.86. The summed E-state index contributed by atoms with van der Waals surface area (Å²) in [5.41, 5.74) is 0. The lowest BCUT2D eigenvalue weighted by Crippen LogP contribution is -2.20. The molecule has 0 radical (unpaired) electrons. The average Bonchev–Trinajstić information content (AvgIpc) is 2.54. The van der Waals surface area contributed by atoms with Gasteiger partial charge in [0, 0.05) is 12.7 Å². The van der Waals surface area contributed by atoms with Crippen molar-refractivity contribution in [1.82, 2.24) is 4.98 Å². The number of hydrogen-bond acceptors (Lipinski definition) is 2. The zero-order valence-electron chi connectivity index (χ0n) is 6.78. The van der Waals surface area contributed by atoms with Crippen LogP contribution in [0.15, 0.2) is 24.4 Å². The van der Waals surface area contributed by atoms with Crippen molar-refractivity contribution in [2.75, 3.05) is 18.0 Å². The molecule has 1 aliphatic rings. The van der Waals surface area contributed by atoms with Crippen molar-refractivity contribution in [3.63, 3.8) is 0 Å². The Bertz CT molecular complexity index is 250. The zero-order chi connectivity index (χ0) is 8.39. The Balaban J connectivity index is 2.11. The first-order valence-electron chi connectivity index (χ1n) is 4.16. The van der Waals surface area contributed by atoms with E-state index in [-0.39, 0.29) is 0 Å². The molecule has 1 aromatic rings. The van der Waals surface area contributed by atoms with Crippen LogP contribution >= 0.6 is 0 Å². The number of pyridine rings is 1. The van der Waals surface area contributed by atoms with Gasteiger partial charge in [0.05, 0.1) is 6.54 Å². The molecule has 0 aromatic carbocycles. The van der Waals surface area contributed by atoms with Crippen LogP contribution in [0.3, 0.4) is 0 Å². The van der Waals surface area contributed by atoms with Gasteiger partial charge in [0.15, 0.2) is 0 Å². The number of alkyl halides is 1. The number of anilines is 1. The summed E-state index contributed by atoms with van der Waals surface area (Å²) < 4.78 is 12.8. The molecule has 0 aliphatic carbocycles. The molecule has 1 aromatic heterocycles. The van der Waals surface area contributed by atoms with Gasteiger partial charge in [-0.25, -0.2) is 9.37 Å². The van der Waals surface area contributed by atoms with Gasteiger partial charge in [0.2, 0.25) is 0 Å². The maximum Gasteiger partial charge on any atom is 0.128 e. The number of rotatable bonds is 1. The predicted molar refractivity (Wildman–Crippen MR) is 46.0 cm³/mol. The predicted octanol–water partition coefficient (Wildman–Crippen LogP) is 1.63. The SMILES string of the molecule is F[C@@H]1CCN(c2ccccn2)C1. The lowest BCUT2D eigenvalue weighted by Gasteiger charge is -2.15. The fraction of sp³-hybridized carbons (Fsp3) is 0.444. The largest absolute Gasteiger partial charge is 0.354 e. The van der Waals surface area contributed by atoms with E-state index in [9.17, 15) is 4.39 Å². The topological polar surface area (TPSA) is 16.1 Å². The molecular weight excluding hydrogens is 155 g/mol. The van der Waals surface area contributed by atoms with E-state index in [0.717, 1.165) is 12.4 Å². The van der Waals surface area contributed by atoms with Crippen LogP contribution in [-0.4, -0.2) is 24.2 Å². The Morgan fingerprint density at radius 1 is 1.50 bits per heavy atom. The van der Waals surface area contributed by atoms with Gasteiger partial charge in [0.1, 0.15) is 12.0 Å². The zero-order valence-corrected chi connectivity index (χ0v) is 6.78. The molecule has 0 amide bonds. The summed E-state index contributed by atoms with van der Waals surface area (Å²) in [6.07, 6.45) is 1.70. The summed E-state index contributed by atoms with van der Waals surface area (Å²) >= 11 is 0. The average molecular weight is 166 g/mol. The Kier molecular flexibility index (Phi) is 1.94. The fourth-order valence-corrected chi connectivity index (χ4v) is 1.47. The minimum Gasteiger partial charge on any atom is -0.354 e. The van der Waals surface area contributed by atoms with Crippen molar-refractivity contribution in [2.24, 2.45) is 0 Å². The normalized spacial score (nSPS) is 23.1. The molecule has 0 N–H and O–H groups in total. The molecule has 0 saturated carbocycles. The first-order valence-corrected chi connectivity index (χ1v) is 4.16. The molecule has 2 rings (SSSR count). The smallest absolute Gasteiger partial charge is 0.128 e. The number of aromatic nitrogens is 1. The first kappa shape index (κ1) is 7.53. The molecule has 64 valence electrons. The summed E-state index contributed by atoms with van der Waals surface area (Å²) in [6.45, 7) is 1.29. The summed E-state index contributed by atoms with van der Waals surface area (Å²) in [6, 6.07) is 5.71. The van der Waals surface area contributed by atoms with Crippen LogP contribution in [0.1, 0.15) is 6.42 Å². The summed E-state index contributed by atoms with van der Waals surface area (Å²) in [5.74, 6) is 0.887. The van der Waals surface area contributed by atoms with Gasteiger partial charge in [-0.05, 0) is 18.6 Å². The maximum absolute atomic E-state index is 12.8. The van der Waals surface area contributed by atoms with E-state index >= 15 is 0 Å². The highest BCUT2D eigenvalue weighted by Crippen LogP contribution is 2.18. The maximum atomic E-state index is 12.8. The molecule has 2 nitrogen and oxygen atoms in total. The van der Waals surface area contributed by atoms with Crippen molar-refractivity contribution in [3.05, 3.63) is 24.4 Å². The van der Waals surface area contributed by atoms with Crippen molar-refractivity contribution in [3.8, 4) is 0 Å². The Morgan fingerprint density at radius 2 is 2.42 bits per heavy atom. The second kappa shape index (κ2) is 3.09. The third-order valence-corrected chi connectivity index (χ3v) is 2.10. The third kappa shape index (κ3) is 1.40. The van der Waals surface area contributed by atoms with E-state index in [1.165, 1.54) is 0 Å². The number of halogens is 1. The number of nitrogens with zero attached hydrogens (tertiary/aromatic N) is 2. The van der Waals surface area contributed by atoms with Crippen LogP contribution in [0.25, 0.3) is 0 Å². The second-order valence-corrected chi connectivity index (χ2v) is 3.02. The van der Waals surface area contributed by atoms with Crippen molar-refractivity contribution in [1.29, 1.82) is 0 Å². The molecule has 0 unspecified atom stereocenters. The number of hydrogen-bond donors (Lipinski definition) is 0. The van der Waals surface area contributed by atoms with E-state index < -0.39 is 6.17 Å². The van der Waals surface area contributed by atoms with E-state index in [1.807, 2.05) is 23.1 Å². The summed E-state index contributed by atoms with van der Waals surface area (Å²) in [7, 11) is 0. The second-order valence-electron chi connectivity index (χ2n) is 3.02. The van der Waals surface area contributed by atoms with Crippen LogP contribution in [0.2, 0.25) is 0 Å². The highest BCUT2D eigenvalue weighted by molar-refractivity contribution is 5.39. The van der Waals surface area contributed by atoms with Crippen molar-refractivity contribution >= 4 is 5.82 Å². The Labute approximate surface area is 71.0 Å². The molecule has 1 atom stereocenters. The lowest BCUT2D eigenvalue weighted by molar-refractivity contribution is 0.364. The van der Waals surface area contributed by atoms with Crippen molar-refractivity contribution < 1.29 is 4.39 Å². The molecule has 2 heterocycles.